The minimum atomic E-state index is -0.202. The second kappa shape index (κ2) is 4.81. The lowest BCUT2D eigenvalue weighted by molar-refractivity contribution is -0.126. The summed E-state index contributed by atoms with van der Waals surface area (Å²) >= 11 is 0. The standard InChI is InChI=1S/C11H18N4O/c1-8(11(16)14-9-2-3-9)15-5-4-13-7-10(15)6-12/h8-10,13H,2-5,7H2,1H3,(H,14,16). The number of carbonyl (C=O) groups excluding carboxylic acids is 1. The van der Waals surface area contributed by atoms with Gasteiger partial charge in [-0.3, -0.25) is 9.69 Å². The van der Waals surface area contributed by atoms with Crippen LogP contribution in [0.5, 0.6) is 0 Å². The molecule has 0 aromatic rings. The first-order valence-electron chi connectivity index (χ1n) is 5.89. The minimum absolute atomic E-state index is 0.0599. The van der Waals surface area contributed by atoms with Crippen molar-refractivity contribution in [3.8, 4) is 6.07 Å². The zero-order valence-corrected chi connectivity index (χ0v) is 9.57. The Morgan fingerprint density at radius 3 is 3.00 bits per heavy atom. The van der Waals surface area contributed by atoms with Crippen LogP contribution in [-0.2, 0) is 4.79 Å². The van der Waals surface area contributed by atoms with E-state index < -0.39 is 0 Å². The van der Waals surface area contributed by atoms with E-state index in [1.54, 1.807) is 0 Å². The number of nitrogens with zero attached hydrogens (tertiary/aromatic N) is 2. The Kier molecular flexibility index (Phi) is 3.42. The number of hydrogen-bond acceptors (Lipinski definition) is 4. The Balaban J connectivity index is 1.92. The fourth-order valence-corrected chi connectivity index (χ4v) is 2.00. The van der Waals surface area contributed by atoms with Gasteiger partial charge in [0.05, 0.1) is 12.1 Å². The maximum absolute atomic E-state index is 11.9. The van der Waals surface area contributed by atoms with Gasteiger partial charge in [-0.25, -0.2) is 0 Å². The van der Waals surface area contributed by atoms with Crippen LogP contribution in [0.2, 0.25) is 0 Å². The van der Waals surface area contributed by atoms with Gasteiger partial charge in [-0.15, -0.1) is 0 Å². The third-order valence-electron chi connectivity index (χ3n) is 3.23. The first-order valence-corrected chi connectivity index (χ1v) is 5.89. The zero-order chi connectivity index (χ0) is 11.5. The molecule has 0 bridgehead atoms. The van der Waals surface area contributed by atoms with Crippen molar-refractivity contribution >= 4 is 5.91 Å². The Bertz CT molecular complexity index is 308. The SMILES string of the molecule is CC(C(=O)NC1CC1)N1CCNCC1C#N. The van der Waals surface area contributed by atoms with E-state index in [1.165, 1.54) is 0 Å². The molecule has 1 aliphatic heterocycles. The van der Waals surface area contributed by atoms with Crippen LogP contribution in [0, 0.1) is 11.3 Å². The number of nitrogens with one attached hydrogen (secondary N) is 2. The molecular formula is C11H18N4O. The maximum Gasteiger partial charge on any atom is 0.237 e. The van der Waals surface area contributed by atoms with Crippen molar-refractivity contribution in [3.05, 3.63) is 0 Å². The summed E-state index contributed by atoms with van der Waals surface area (Å²) in [5.41, 5.74) is 0. The van der Waals surface area contributed by atoms with Gasteiger partial charge >= 0.3 is 0 Å². The number of rotatable bonds is 3. The Morgan fingerprint density at radius 2 is 2.38 bits per heavy atom. The number of piperazine rings is 1. The summed E-state index contributed by atoms with van der Waals surface area (Å²) in [5.74, 6) is 0.0599. The van der Waals surface area contributed by atoms with Gasteiger partial charge in [0.2, 0.25) is 5.91 Å². The van der Waals surface area contributed by atoms with Crippen LogP contribution in [0.15, 0.2) is 0 Å². The summed E-state index contributed by atoms with van der Waals surface area (Å²) in [7, 11) is 0. The molecule has 2 unspecified atom stereocenters. The summed E-state index contributed by atoms with van der Waals surface area (Å²) < 4.78 is 0. The van der Waals surface area contributed by atoms with Gasteiger partial charge in [-0.1, -0.05) is 0 Å². The number of nitriles is 1. The molecule has 2 aliphatic rings. The lowest BCUT2D eigenvalue weighted by atomic mass is 10.1. The molecule has 1 heterocycles. The number of hydrogen-bond donors (Lipinski definition) is 2. The Morgan fingerprint density at radius 1 is 1.62 bits per heavy atom. The van der Waals surface area contributed by atoms with E-state index in [2.05, 4.69) is 16.7 Å². The van der Waals surface area contributed by atoms with Gasteiger partial charge in [-0.2, -0.15) is 5.26 Å². The van der Waals surface area contributed by atoms with E-state index in [1.807, 2.05) is 11.8 Å². The van der Waals surface area contributed by atoms with Crippen molar-refractivity contribution in [3.63, 3.8) is 0 Å². The summed E-state index contributed by atoms with van der Waals surface area (Å²) in [6.07, 6.45) is 2.20. The van der Waals surface area contributed by atoms with Crippen LogP contribution >= 0.6 is 0 Å². The van der Waals surface area contributed by atoms with Gasteiger partial charge in [0.1, 0.15) is 6.04 Å². The van der Waals surface area contributed by atoms with Crippen molar-refractivity contribution < 1.29 is 4.79 Å². The molecule has 1 saturated carbocycles. The van der Waals surface area contributed by atoms with Crippen LogP contribution in [0.3, 0.4) is 0 Å². The molecule has 0 aromatic carbocycles. The fourth-order valence-electron chi connectivity index (χ4n) is 2.00. The van der Waals surface area contributed by atoms with E-state index in [0.29, 0.717) is 12.6 Å². The van der Waals surface area contributed by atoms with E-state index in [-0.39, 0.29) is 18.0 Å². The van der Waals surface area contributed by atoms with Crippen LogP contribution in [0.1, 0.15) is 19.8 Å². The highest BCUT2D eigenvalue weighted by atomic mass is 16.2. The Labute approximate surface area is 95.8 Å². The van der Waals surface area contributed by atoms with Crippen LogP contribution in [0.25, 0.3) is 0 Å². The van der Waals surface area contributed by atoms with Crippen LogP contribution in [0.4, 0.5) is 0 Å². The van der Waals surface area contributed by atoms with Crippen molar-refractivity contribution in [2.75, 3.05) is 19.6 Å². The summed E-state index contributed by atoms with van der Waals surface area (Å²) in [6.45, 7) is 4.14. The summed E-state index contributed by atoms with van der Waals surface area (Å²) in [6, 6.07) is 2.24. The highest BCUT2D eigenvalue weighted by Gasteiger charge is 2.32. The molecular weight excluding hydrogens is 204 g/mol. The van der Waals surface area contributed by atoms with Gasteiger partial charge in [0.15, 0.2) is 0 Å². The van der Waals surface area contributed by atoms with Crippen molar-refractivity contribution in [1.29, 1.82) is 5.26 Å². The smallest absolute Gasteiger partial charge is 0.237 e. The highest BCUT2D eigenvalue weighted by molar-refractivity contribution is 5.82. The first kappa shape index (κ1) is 11.4. The molecule has 2 rings (SSSR count). The normalized spacial score (nSPS) is 28.1. The predicted octanol–water partition coefficient (Wildman–Crippen LogP) is -0.549. The van der Waals surface area contributed by atoms with E-state index in [4.69, 9.17) is 5.26 Å². The second-order valence-electron chi connectivity index (χ2n) is 4.55. The third-order valence-corrected chi connectivity index (χ3v) is 3.23. The van der Waals surface area contributed by atoms with Crippen molar-refractivity contribution in [1.82, 2.24) is 15.5 Å². The molecule has 2 N–H and O–H groups in total. The van der Waals surface area contributed by atoms with Crippen LogP contribution < -0.4 is 10.6 Å². The molecule has 2 atom stereocenters. The zero-order valence-electron chi connectivity index (χ0n) is 9.57. The van der Waals surface area contributed by atoms with Crippen LogP contribution in [-0.4, -0.2) is 48.6 Å². The topological polar surface area (TPSA) is 68.2 Å². The van der Waals surface area contributed by atoms with Gasteiger partial charge in [0, 0.05) is 25.7 Å². The lowest BCUT2D eigenvalue weighted by Gasteiger charge is -2.35. The molecule has 0 spiro atoms. The molecule has 1 saturated heterocycles. The molecule has 1 aliphatic carbocycles. The van der Waals surface area contributed by atoms with E-state index in [0.717, 1.165) is 25.9 Å². The van der Waals surface area contributed by atoms with Gasteiger partial charge in [-0.05, 0) is 19.8 Å². The highest BCUT2D eigenvalue weighted by Crippen LogP contribution is 2.19. The van der Waals surface area contributed by atoms with Crippen molar-refractivity contribution in [2.24, 2.45) is 0 Å². The molecule has 16 heavy (non-hydrogen) atoms. The molecule has 5 heteroatoms. The predicted molar refractivity (Wildman–Crippen MR) is 59.6 cm³/mol. The summed E-state index contributed by atoms with van der Waals surface area (Å²) in [5, 5.41) is 15.2. The fraction of sp³-hybridized carbons (Fsp3) is 0.818. The summed E-state index contributed by atoms with van der Waals surface area (Å²) in [4.78, 5) is 13.9. The largest absolute Gasteiger partial charge is 0.352 e. The number of amides is 1. The van der Waals surface area contributed by atoms with Gasteiger partial charge < -0.3 is 10.6 Å². The lowest BCUT2D eigenvalue weighted by Crippen LogP contribution is -2.57. The van der Waals surface area contributed by atoms with E-state index in [9.17, 15) is 4.79 Å². The molecule has 88 valence electrons. The molecule has 0 aromatic heterocycles. The second-order valence-corrected chi connectivity index (χ2v) is 4.55. The average molecular weight is 222 g/mol. The van der Waals surface area contributed by atoms with Gasteiger partial charge in [0.25, 0.3) is 0 Å². The monoisotopic (exact) mass is 222 g/mol. The molecule has 2 fully saturated rings. The molecule has 0 radical (unpaired) electrons. The third kappa shape index (κ3) is 2.52. The maximum atomic E-state index is 11.9. The quantitative estimate of drug-likeness (QED) is 0.672. The molecule has 1 amide bonds. The average Bonchev–Trinajstić information content (AvgIpc) is 3.11. The number of carbonyl (C=O) groups is 1. The molecule has 5 nitrogen and oxygen atoms in total. The van der Waals surface area contributed by atoms with E-state index >= 15 is 0 Å². The minimum Gasteiger partial charge on any atom is -0.352 e. The van der Waals surface area contributed by atoms with Crippen molar-refractivity contribution in [2.45, 2.75) is 37.9 Å². The Hall–Kier alpha value is -1.12. The first-order chi connectivity index (χ1) is 7.72.